The largest absolute Gasteiger partial charge is 0.454 e. The van der Waals surface area contributed by atoms with Crippen LogP contribution in [0.4, 0.5) is 8.78 Å². The smallest absolute Gasteiger partial charge is 0.335 e. The molecule has 3 heterocycles. The molecule has 0 aliphatic carbocycles. The van der Waals surface area contributed by atoms with Crippen LogP contribution in [0.3, 0.4) is 0 Å². The Morgan fingerprint density at radius 2 is 1.78 bits per heavy atom. The van der Waals surface area contributed by atoms with E-state index in [1.165, 1.54) is 35.0 Å². The van der Waals surface area contributed by atoms with Crippen molar-refractivity contribution in [3.63, 3.8) is 0 Å². The number of ketones is 1. The first-order valence-electron chi connectivity index (χ1n) is 12.8. The molecule has 0 unspecified atom stereocenters. The van der Waals surface area contributed by atoms with E-state index in [0.29, 0.717) is 23.4 Å². The lowest BCUT2D eigenvalue weighted by atomic mass is 10.0. The van der Waals surface area contributed by atoms with Crippen molar-refractivity contribution >= 4 is 5.78 Å². The summed E-state index contributed by atoms with van der Waals surface area (Å²) < 4.78 is 38.0. The SMILES string of the molecule is CCCn1cc(C(=O)Cc2ccc(Oc3ccnc(-c4cnn(C)c4)c3)c(F)c2)c(=O)n(-c2ccc(F)cc2)c1=O. The highest BCUT2D eigenvalue weighted by atomic mass is 19.1. The molecule has 0 amide bonds. The molecule has 5 rings (SSSR count). The predicted molar refractivity (Wildman–Crippen MR) is 147 cm³/mol. The van der Waals surface area contributed by atoms with E-state index in [9.17, 15) is 18.8 Å². The third-order valence-corrected chi connectivity index (χ3v) is 6.33. The Balaban J connectivity index is 1.40. The van der Waals surface area contributed by atoms with Gasteiger partial charge in [-0.25, -0.2) is 18.1 Å². The van der Waals surface area contributed by atoms with E-state index in [1.807, 2.05) is 6.92 Å². The maximum Gasteiger partial charge on any atom is 0.335 e. The van der Waals surface area contributed by atoms with E-state index in [2.05, 4.69) is 10.1 Å². The first-order chi connectivity index (χ1) is 19.7. The van der Waals surface area contributed by atoms with Crippen molar-refractivity contribution in [3.8, 4) is 28.4 Å². The van der Waals surface area contributed by atoms with Gasteiger partial charge in [-0.2, -0.15) is 5.10 Å². The minimum absolute atomic E-state index is 0.0558. The maximum atomic E-state index is 15.0. The van der Waals surface area contributed by atoms with Gasteiger partial charge in [0.15, 0.2) is 17.3 Å². The number of ether oxygens (including phenoxy) is 1. The van der Waals surface area contributed by atoms with Crippen LogP contribution in [-0.2, 0) is 20.0 Å². The lowest BCUT2D eigenvalue weighted by Gasteiger charge is -2.13. The van der Waals surface area contributed by atoms with Gasteiger partial charge < -0.3 is 4.74 Å². The summed E-state index contributed by atoms with van der Waals surface area (Å²) in [5.74, 6) is -1.52. The molecule has 0 aliphatic heterocycles. The Bertz CT molecular complexity index is 1860. The maximum absolute atomic E-state index is 15.0. The molecule has 0 fully saturated rings. The van der Waals surface area contributed by atoms with Crippen LogP contribution >= 0.6 is 0 Å². The summed E-state index contributed by atoms with van der Waals surface area (Å²) in [6.07, 6.45) is 6.50. The van der Waals surface area contributed by atoms with Gasteiger partial charge in [0.25, 0.3) is 5.56 Å². The molecule has 41 heavy (non-hydrogen) atoms. The predicted octanol–water partition coefficient (Wildman–Crippen LogP) is 4.70. The van der Waals surface area contributed by atoms with Gasteiger partial charge in [0.2, 0.25) is 0 Å². The molecule has 11 heteroatoms. The van der Waals surface area contributed by atoms with E-state index >= 15 is 4.39 Å². The summed E-state index contributed by atoms with van der Waals surface area (Å²) in [5.41, 5.74) is 0.118. The number of Topliss-reactive ketones (excluding diaryl/α,β-unsaturated/α-hetero) is 1. The van der Waals surface area contributed by atoms with Gasteiger partial charge >= 0.3 is 5.69 Å². The topological polar surface area (TPSA) is 101 Å². The molecule has 0 aliphatic rings. The molecular weight excluding hydrogens is 532 g/mol. The van der Waals surface area contributed by atoms with Gasteiger partial charge in [0.05, 0.1) is 17.6 Å². The molecule has 0 saturated heterocycles. The molecule has 0 spiro atoms. The van der Waals surface area contributed by atoms with E-state index in [4.69, 9.17) is 4.74 Å². The summed E-state index contributed by atoms with van der Waals surface area (Å²) in [5, 5.41) is 4.12. The van der Waals surface area contributed by atoms with Crippen molar-refractivity contribution in [1.29, 1.82) is 0 Å². The zero-order chi connectivity index (χ0) is 29.1. The van der Waals surface area contributed by atoms with Crippen LogP contribution in [0.1, 0.15) is 29.3 Å². The highest BCUT2D eigenvalue weighted by Crippen LogP contribution is 2.28. The average molecular weight is 558 g/mol. The number of rotatable bonds is 9. The van der Waals surface area contributed by atoms with Crippen LogP contribution in [0.25, 0.3) is 16.9 Å². The van der Waals surface area contributed by atoms with Crippen LogP contribution in [-0.4, -0.2) is 29.7 Å². The Morgan fingerprint density at radius 1 is 1.00 bits per heavy atom. The number of benzene rings is 2. The van der Waals surface area contributed by atoms with Crippen molar-refractivity contribution in [3.05, 3.63) is 123 Å². The van der Waals surface area contributed by atoms with Gasteiger partial charge in [-0.05, 0) is 54.4 Å². The summed E-state index contributed by atoms with van der Waals surface area (Å²) in [7, 11) is 1.79. The second-order valence-electron chi connectivity index (χ2n) is 9.38. The standard InChI is InChI=1S/C30H25F2N5O4/c1-3-12-36-18-24(29(39)37(30(36)40)22-7-5-21(31)6-8-22)27(38)14-19-4-9-28(25(32)13-19)41-23-10-11-33-26(15-23)20-16-34-35(2)17-20/h4-11,13,15-18H,3,12,14H2,1-2H3. The molecule has 3 aromatic heterocycles. The zero-order valence-electron chi connectivity index (χ0n) is 22.3. The normalized spacial score (nSPS) is 11.0. The van der Waals surface area contributed by atoms with Crippen molar-refractivity contribution < 1.29 is 18.3 Å². The number of hydrogen-bond donors (Lipinski definition) is 0. The molecule has 208 valence electrons. The minimum atomic E-state index is -0.832. The Morgan fingerprint density at radius 3 is 2.46 bits per heavy atom. The zero-order valence-corrected chi connectivity index (χ0v) is 22.3. The Labute approximate surface area is 232 Å². The summed E-state index contributed by atoms with van der Waals surface area (Å²) in [4.78, 5) is 43.8. The average Bonchev–Trinajstić information content (AvgIpc) is 3.39. The molecule has 0 bridgehead atoms. The van der Waals surface area contributed by atoms with Crippen molar-refractivity contribution in [2.75, 3.05) is 0 Å². The molecule has 0 saturated carbocycles. The fraction of sp³-hybridized carbons (Fsp3) is 0.167. The lowest BCUT2D eigenvalue weighted by Crippen LogP contribution is -2.41. The molecule has 0 atom stereocenters. The van der Waals surface area contributed by atoms with Gasteiger partial charge in [-0.3, -0.25) is 23.8 Å². The van der Waals surface area contributed by atoms with Gasteiger partial charge in [-0.1, -0.05) is 13.0 Å². The molecule has 0 radical (unpaired) electrons. The third kappa shape index (κ3) is 5.88. The fourth-order valence-electron chi connectivity index (χ4n) is 4.34. The number of carbonyl (C=O) groups excluding carboxylic acids is 1. The molecule has 5 aromatic rings. The number of pyridine rings is 1. The molecule has 0 N–H and O–H groups in total. The monoisotopic (exact) mass is 557 g/mol. The number of halogens is 2. The number of aromatic nitrogens is 5. The van der Waals surface area contributed by atoms with Crippen molar-refractivity contribution in [2.24, 2.45) is 7.05 Å². The Kier molecular flexibility index (Phi) is 7.68. The van der Waals surface area contributed by atoms with Crippen molar-refractivity contribution in [2.45, 2.75) is 26.3 Å². The Hall–Kier alpha value is -5.19. The first kappa shape index (κ1) is 27.4. The summed E-state index contributed by atoms with van der Waals surface area (Å²) in [6, 6.07) is 12.2. The highest BCUT2D eigenvalue weighted by molar-refractivity contribution is 5.97. The van der Waals surface area contributed by atoms with Gasteiger partial charge in [0, 0.05) is 50.2 Å². The summed E-state index contributed by atoms with van der Waals surface area (Å²) >= 11 is 0. The van der Waals surface area contributed by atoms with E-state index < -0.39 is 28.7 Å². The minimum Gasteiger partial charge on any atom is -0.454 e. The molecular formula is C30H25F2N5O4. The van der Waals surface area contributed by atoms with E-state index in [0.717, 1.165) is 28.3 Å². The van der Waals surface area contributed by atoms with Crippen molar-refractivity contribution in [1.82, 2.24) is 23.9 Å². The second-order valence-corrected chi connectivity index (χ2v) is 9.38. The third-order valence-electron chi connectivity index (χ3n) is 6.33. The van der Waals surface area contributed by atoms with Crippen LogP contribution in [0, 0.1) is 11.6 Å². The summed E-state index contributed by atoms with van der Waals surface area (Å²) in [6.45, 7) is 2.11. The fourth-order valence-corrected chi connectivity index (χ4v) is 4.34. The quantitative estimate of drug-likeness (QED) is 0.244. The van der Waals surface area contributed by atoms with E-state index in [-0.39, 0.29) is 30.0 Å². The number of hydrogen-bond acceptors (Lipinski definition) is 6. The van der Waals surface area contributed by atoms with Crippen LogP contribution < -0.4 is 16.0 Å². The highest BCUT2D eigenvalue weighted by Gasteiger charge is 2.20. The molecule has 9 nitrogen and oxygen atoms in total. The lowest BCUT2D eigenvalue weighted by molar-refractivity contribution is 0.0990. The van der Waals surface area contributed by atoms with E-state index in [1.54, 1.807) is 42.5 Å². The molecule has 2 aromatic carbocycles. The number of aryl methyl sites for hydroxylation is 2. The second kappa shape index (κ2) is 11.5. The number of nitrogens with zero attached hydrogens (tertiary/aromatic N) is 5. The van der Waals surface area contributed by atoms with Crippen LogP contribution in [0.5, 0.6) is 11.5 Å². The van der Waals surface area contributed by atoms with Gasteiger partial charge in [-0.15, -0.1) is 0 Å². The van der Waals surface area contributed by atoms with Crippen LogP contribution in [0.2, 0.25) is 0 Å². The van der Waals surface area contributed by atoms with Gasteiger partial charge in [0.1, 0.15) is 17.1 Å². The number of carbonyl (C=O) groups is 1. The first-order valence-corrected chi connectivity index (χ1v) is 12.8. The van der Waals surface area contributed by atoms with Crippen LogP contribution in [0.15, 0.2) is 89.0 Å².